The van der Waals surface area contributed by atoms with Gasteiger partial charge in [0.25, 0.3) is 0 Å². The quantitative estimate of drug-likeness (QED) is 0.0222. The topological polar surface area (TPSA) is 237 Å². The molecule has 17 nitrogen and oxygen atoms in total. The molecule has 0 bridgehead atoms. The van der Waals surface area contributed by atoms with Gasteiger partial charge in [0.2, 0.25) is 0 Å². The maximum atomic E-state index is 13.1. The fourth-order valence-electron chi connectivity index (χ4n) is 11.3. The summed E-state index contributed by atoms with van der Waals surface area (Å²) in [5, 5.41) is 10.6. The molecule has 0 rings (SSSR count). The van der Waals surface area contributed by atoms with Gasteiger partial charge in [0.1, 0.15) is 19.3 Å². The van der Waals surface area contributed by atoms with E-state index in [2.05, 4.69) is 55.4 Å². The first-order chi connectivity index (χ1) is 45.1. The second kappa shape index (κ2) is 64.4. The molecule has 0 radical (unpaired) electrons. The number of esters is 4. The molecule has 0 saturated carbocycles. The Kier molecular flexibility index (Phi) is 63.1. The Morgan fingerprint density at radius 3 is 0.755 bits per heavy atom. The summed E-state index contributed by atoms with van der Waals surface area (Å²) in [6.45, 7) is 14.2. The number of phosphoric acid groups is 2. The lowest BCUT2D eigenvalue weighted by molar-refractivity contribution is -0.161. The van der Waals surface area contributed by atoms with E-state index >= 15 is 0 Å². The Morgan fingerprint density at radius 2 is 0.511 bits per heavy atom. The standard InChI is InChI=1S/C75H146O17P2/c1-9-68(8)54-46-38-33-34-40-48-56-73(78)86-62-71(92-75(80)58-50-42-32-26-20-19-23-29-37-45-53-67(6)7)64-90-94(83,84)88-60-69(76)59-87-93(81,82)89-63-70(61-85-72(77)55-47-39-30-24-17-14-13-16-22-28-36-44-52-66(4)5)91-74(79)57-49-41-31-25-18-12-10-11-15-21-27-35-43-51-65(2)3/h65-71,76H,9-64H2,1-8H3,(H,81,82)(H,83,84)/t68?,69-,70-,71-/m1/s1. The lowest BCUT2D eigenvalue weighted by Crippen LogP contribution is -2.30. The molecule has 19 heteroatoms. The van der Waals surface area contributed by atoms with Crippen LogP contribution in [0.5, 0.6) is 0 Å². The number of ether oxygens (including phenoxy) is 4. The van der Waals surface area contributed by atoms with Crippen LogP contribution in [-0.4, -0.2) is 96.7 Å². The number of carbonyl (C=O) groups is 4. The number of carbonyl (C=O) groups excluding carboxylic acids is 4. The highest BCUT2D eigenvalue weighted by atomic mass is 31.2. The van der Waals surface area contributed by atoms with Gasteiger partial charge < -0.3 is 33.8 Å². The van der Waals surface area contributed by atoms with E-state index in [9.17, 15) is 43.2 Å². The summed E-state index contributed by atoms with van der Waals surface area (Å²) in [5.74, 6) is 0.929. The third-order valence-corrected chi connectivity index (χ3v) is 19.6. The molecule has 0 aromatic rings. The summed E-state index contributed by atoms with van der Waals surface area (Å²) < 4.78 is 68.5. The van der Waals surface area contributed by atoms with Crippen molar-refractivity contribution in [3.05, 3.63) is 0 Å². The number of unbranched alkanes of at least 4 members (excludes halogenated alkanes) is 37. The fraction of sp³-hybridized carbons (Fsp3) is 0.947. The van der Waals surface area contributed by atoms with E-state index in [-0.39, 0.29) is 25.7 Å². The normalized spacial score (nSPS) is 14.4. The molecule has 0 saturated heterocycles. The first kappa shape index (κ1) is 92.1. The van der Waals surface area contributed by atoms with Crippen LogP contribution in [0, 0.1) is 23.7 Å². The van der Waals surface area contributed by atoms with Crippen LogP contribution in [0.2, 0.25) is 0 Å². The summed E-state index contributed by atoms with van der Waals surface area (Å²) in [5.41, 5.74) is 0. The zero-order chi connectivity index (χ0) is 69.6. The van der Waals surface area contributed by atoms with Gasteiger partial charge in [-0.05, 0) is 49.4 Å². The molecule has 6 atom stereocenters. The number of phosphoric ester groups is 2. The van der Waals surface area contributed by atoms with Gasteiger partial charge in [0, 0.05) is 25.7 Å². The Hall–Kier alpha value is -1.94. The minimum absolute atomic E-state index is 0.105. The minimum Gasteiger partial charge on any atom is -0.462 e. The highest BCUT2D eigenvalue weighted by Crippen LogP contribution is 2.45. The molecule has 0 amide bonds. The van der Waals surface area contributed by atoms with Crippen LogP contribution in [-0.2, 0) is 65.4 Å². The van der Waals surface area contributed by atoms with Crippen molar-refractivity contribution in [2.75, 3.05) is 39.6 Å². The van der Waals surface area contributed by atoms with Crippen LogP contribution >= 0.6 is 15.6 Å². The van der Waals surface area contributed by atoms with Gasteiger partial charge in [0.05, 0.1) is 26.4 Å². The smallest absolute Gasteiger partial charge is 0.462 e. The molecule has 3 unspecified atom stereocenters. The molecule has 0 aliphatic rings. The van der Waals surface area contributed by atoms with E-state index in [1.807, 2.05) is 0 Å². The molecule has 0 heterocycles. The molecule has 0 spiro atoms. The van der Waals surface area contributed by atoms with Gasteiger partial charge in [-0.1, -0.05) is 325 Å². The lowest BCUT2D eigenvalue weighted by atomic mass is 10.00. The maximum absolute atomic E-state index is 13.1. The highest BCUT2D eigenvalue weighted by molar-refractivity contribution is 7.47. The van der Waals surface area contributed by atoms with Crippen molar-refractivity contribution in [2.24, 2.45) is 23.7 Å². The van der Waals surface area contributed by atoms with Gasteiger partial charge in [-0.2, -0.15) is 0 Å². The van der Waals surface area contributed by atoms with Crippen LogP contribution in [0.4, 0.5) is 0 Å². The van der Waals surface area contributed by atoms with Gasteiger partial charge in [-0.25, -0.2) is 9.13 Å². The van der Waals surface area contributed by atoms with E-state index in [0.29, 0.717) is 25.7 Å². The predicted molar refractivity (Wildman–Crippen MR) is 381 cm³/mol. The van der Waals surface area contributed by atoms with E-state index in [1.165, 1.54) is 173 Å². The van der Waals surface area contributed by atoms with Crippen LogP contribution < -0.4 is 0 Å². The van der Waals surface area contributed by atoms with Crippen molar-refractivity contribution in [2.45, 2.75) is 395 Å². The zero-order valence-electron chi connectivity index (χ0n) is 61.6. The summed E-state index contributed by atoms with van der Waals surface area (Å²) in [6.07, 6.45) is 48.5. The average molecular weight is 1380 g/mol. The number of rotatable bonds is 72. The molecule has 3 N–H and O–H groups in total. The summed E-state index contributed by atoms with van der Waals surface area (Å²) in [6, 6.07) is 0. The predicted octanol–water partition coefficient (Wildman–Crippen LogP) is 21.7. The van der Waals surface area contributed by atoms with Crippen LogP contribution in [0.3, 0.4) is 0 Å². The molecule has 0 aliphatic heterocycles. The van der Waals surface area contributed by atoms with Gasteiger partial charge >= 0.3 is 39.5 Å². The summed E-state index contributed by atoms with van der Waals surface area (Å²) in [7, 11) is -9.91. The van der Waals surface area contributed by atoms with Crippen LogP contribution in [0.15, 0.2) is 0 Å². The van der Waals surface area contributed by atoms with E-state index in [1.54, 1.807) is 0 Å². The van der Waals surface area contributed by atoms with E-state index < -0.39 is 97.5 Å². The largest absolute Gasteiger partial charge is 0.472 e. The first-order valence-electron chi connectivity index (χ1n) is 38.7. The average Bonchev–Trinajstić information content (AvgIpc) is 1.41. The highest BCUT2D eigenvalue weighted by Gasteiger charge is 2.30. The molecule has 94 heavy (non-hydrogen) atoms. The summed E-state index contributed by atoms with van der Waals surface area (Å²) in [4.78, 5) is 72.8. The fourth-order valence-corrected chi connectivity index (χ4v) is 12.9. The number of hydrogen-bond acceptors (Lipinski definition) is 15. The number of aliphatic hydroxyl groups is 1. The minimum atomic E-state index is -4.96. The van der Waals surface area contributed by atoms with Gasteiger partial charge in [-0.3, -0.25) is 37.3 Å². The van der Waals surface area contributed by atoms with Gasteiger partial charge in [-0.15, -0.1) is 0 Å². The Balaban J connectivity index is 5.26. The molecule has 558 valence electrons. The number of aliphatic hydroxyl groups excluding tert-OH is 1. The Labute approximate surface area is 575 Å². The first-order valence-corrected chi connectivity index (χ1v) is 41.7. The van der Waals surface area contributed by atoms with E-state index in [4.69, 9.17) is 37.0 Å². The summed E-state index contributed by atoms with van der Waals surface area (Å²) >= 11 is 0. The molecule has 0 aromatic heterocycles. The van der Waals surface area contributed by atoms with Gasteiger partial charge in [0.15, 0.2) is 12.2 Å². The molecule has 0 aliphatic carbocycles. The molecule has 0 aromatic carbocycles. The van der Waals surface area contributed by atoms with Crippen molar-refractivity contribution >= 4 is 39.5 Å². The van der Waals surface area contributed by atoms with E-state index in [0.717, 1.165) is 120 Å². The monoisotopic (exact) mass is 1380 g/mol. The maximum Gasteiger partial charge on any atom is 0.472 e. The lowest BCUT2D eigenvalue weighted by Gasteiger charge is -2.21. The van der Waals surface area contributed by atoms with Crippen molar-refractivity contribution < 1.29 is 80.2 Å². The van der Waals surface area contributed by atoms with Crippen molar-refractivity contribution in [1.29, 1.82) is 0 Å². The third-order valence-electron chi connectivity index (χ3n) is 17.7. The SMILES string of the molecule is CCC(C)CCCCCCCCC(=O)OC[C@H](COP(=O)(O)OC[C@H](O)COP(=O)(O)OC[C@@H](COC(=O)CCCCCCCCCCCCCCC(C)C)OC(=O)CCCCCCCCCCCCCCCC(C)C)OC(=O)CCCCCCCCCCCCC(C)C. The van der Waals surface area contributed by atoms with Crippen LogP contribution in [0.25, 0.3) is 0 Å². The van der Waals surface area contributed by atoms with Crippen molar-refractivity contribution in [1.82, 2.24) is 0 Å². The second-order valence-corrected chi connectivity index (χ2v) is 31.6. The molecular formula is C75H146O17P2. The Bertz CT molecular complexity index is 1850. The van der Waals surface area contributed by atoms with Crippen molar-refractivity contribution in [3.8, 4) is 0 Å². The molecular weight excluding hydrogens is 1230 g/mol. The third kappa shape index (κ3) is 67.3. The van der Waals surface area contributed by atoms with Crippen molar-refractivity contribution in [3.63, 3.8) is 0 Å². The number of hydrogen-bond donors (Lipinski definition) is 3. The van der Waals surface area contributed by atoms with Crippen LogP contribution in [0.1, 0.15) is 376 Å². The zero-order valence-corrected chi connectivity index (χ0v) is 63.4. The Morgan fingerprint density at radius 1 is 0.298 bits per heavy atom. The molecule has 0 fully saturated rings. The second-order valence-electron chi connectivity index (χ2n) is 28.7.